The Balaban J connectivity index is 1.85. The number of rotatable bonds is 2. The van der Waals surface area contributed by atoms with Gasteiger partial charge in [0.05, 0.1) is 12.7 Å². The van der Waals surface area contributed by atoms with E-state index < -0.39 is 5.41 Å². The highest BCUT2D eigenvalue weighted by Gasteiger charge is 2.43. The lowest BCUT2D eigenvalue weighted by Gasteiger charge is -2.31. The molecule has 3 heteroatoms. The zero-order valence-corrected chi connectivity index (χ0v) is 10.9. The molecule has 0 amide bonds. The molecule has 0 radical (unpaired) electrons. The maximum Gasteiger partial charge on any atom is 0.153 e. The predicted octanol–water partition coefficient (Wildman–Crippen LogP) is 3.21. The number of hydrogen-bond acceptors (Lipinski definition) is 3. The van der Waals surface area contributed by atoms with Crippen LogP contribution in [0, 0.1) is 16.7 Å². The van der Waals surface area contributed by atoms with Gasteiger partial charge in [0.15, 0.2) is 5.78 Å². The molecule has 3 nitrogen and oxygen atoms in total. The van der Waals surface area contributed by atoms with E-state index in [4.69, 9.17) is 4.74 Å². The molecule has 3 rings (SSSR count). The van der Waals surface area contributed by atoms with Crippen LogP contribution in [0.3, 0.4) is 0 Å². The van der Waals surface area contributed by atoms with Gasteiger partial charge in [-0.1, -0.05) is 24.6 Å². The quantitative estimate of drug-likeness (QED) is 0.815. The van der Waals surface area contributed by atoms with E-state index in [9.17, 15) is 10.1 Å². The Hall–Kier alpha value is -1.82. The van der Waals surface area contributed by atoms with Gasteiger partial charge in [0.25, 0.3) is 0 Å². The number of carbonyl (C=O) groups excluding carboxylic acids is 1. The summed E-state index contributed by atoms with van der Waals surface area (Å²) in [5.41, 5.74) is 0.375. The number of ether oxygens (including phenoxy) is 1. The summed E-state index contributed by atoms with van der Waals surface area (Å²) in [6.07, 6.45) is 3.79. The number of benzene rings is 1. The molecule has 2 unspecified atom stereocenters. The SMILES string of the molecule is N#CC1(CC2COc3ccccc32)CCCCC1=O. The smallest absolute Gasteiger partial charge is 0.153 e. The van der Waals surface area contributed by atoms with Crippen LogP contribution in [0.5, 0.6) is 5.75 Å². The van der Waals surface area contributed by atoms with Crippen molar-refractivity contribution in [3.63, 3.8) is 0 Å². The van der Waals surface area contributed by atoms with E-state index >= 15 is 0 Å². The van der Waals surface area contributed by atoms with Crippen LogP contribution < -0.4 is 4.74 Å². The van der Waals surface area contributed by atoms with E-state index in [-0.39, 0.29) is 11.7 Å². The topological polar surface area (TPSA) is 50.1 Å². The maximum atomic E-state index is 12.2. The molecule has 0 aromatic heterocycles. The number of para-hydroxylation sites is 1. The number of ketones is 1. The van der Waals surface area contributed by atoms with Gasteiger partial charge in [-0.05, 0) is 25.3 Å². The minimum Gasteiger partial charge on any atom is -0.493 e. The first-order chi connectivity index (χ1) is 9.25. The van der Waals surface area contributed by atoms with Crippen molar-refractivity contribution >= 4 is 5.78 Å². The third-order valence-corrected chi connectivity index (χ3v) is 4.40. The zero-order valence-electron chi connectivity index (χ0n) is 10.9. The van der Waals surface area contributed by atoms with E-state index in [0.29, 0.717) is 25.9 Å². The van der Waals surface area contributed by atoms with Crippen LogP contribution in [0.2, 0.25) is 0 Å². The summed E-state index contributed by atoms with van der Waals surface area (Å²) in [5, 5.41) is 9.51. The fourth-order valence-corrected chi connectivity index (χ4v) is 3.29. The van der Waals surface area contributed by atoms with Gasteiger partial charge < -0.3 is 4.74 Å². The standard InChI is InChI=1S/C16H17NO2/c17-11-16(8-4-3-7-15(16)18)9-12-10-19-14-6-2-1-5-13(12)14/h1-2,5-6,12H,3-4,7-10H2. The Bertz CT molecular complexity index is 546. The number of fused-ring (bicyclic) bond motifs is 1. The summed E-state index contributed by atoms with van der Waals surface area (Å²) in [7, 11) is 0. The second-order valence-electron chi connectivity index (χ2n) is 5.57. The van der Waals surface area contributed by atoms with Gasteiger partial charge in [-0.3, -0.25) is 4.79 Å². The van der Waals surface area contributed by atoms with Crippen LogP contribution in [0.4, 0.5) is 0 Å². The molecular formula is C16H17NO2. The Labute approximate surface area is 113 Å². The Morgan fingerprint density at radius 2 is 2.21 bits per heavy atom. The molecule has 1 fully saturated rings. The van der Waals surface area contributed by atoms with Crippen LogP contribution in [0.15, 0.2) is 24.3 Å². The van der Waals surface area contributed by atoms with E-state index in [1.807, 2.05) is 24.3 Å². The lowest BCUT2D eigenvalue weighted by atomic mass is 9.68. The average molecular weight is 255 g/mol. The molecule has 1 aliphatic heterocycles. The fourth-order valence-electron chi connectivity index (χ4n) is 3.29. The third kappa shape index (κ3) is 2.02. The summed E-state index contributed by atoms with van der Waals surface area (Å²) >= 11 is 0. The molecule has 19 heavy (non-hydrogen) atoms. The van der Waals surface area contributed by atoms with Crippen molar-refractivity contribution in [1.82, 2.24) is 0 Å². The van der Waals surface area contributed by atoms with Crippen molar-refractivity contribution < 1.29 is 9.53 Å². The van der Waals surface area contributed by atoms with Crippen molar-refractivity contribution in [1.29, 1.82) is 5.26 Å². The van der Waals surface area contributed by atoms with Crippen molar-refractivity contribution in [3.05, 3.63) is 29.8 Å². The fraction of sp³-hybridized carbons (Fsp3) is 0.500. The largest absolute Gasteiger partial charge is 0.493 e. The number of nitriles is 1. The molecular weight excluding hydrogens is 238 g/mol. The van der Waals surface area contributed by atoms with Crippen molar-refractivity contribution in [2.24, 2.45) is 5.41 Å². The third-order valence-electron chi connectivity index (χ3n) is 4.40. The molecule has 1 saturated carbocycles. The monoisotopic (exact) mass is 255 g/mol. The van der Waals surface area contributed by atoms with Crippen LogP contribution in [-0.4, -0.2) is 12.4 Å². The first-order valence-electron chi connectivity index (χ1n) is 6.91. The van der Waals surface area contributed by atoms with Crippen LogP contribution in [0.1, 0.15) is 43.6 Å². The second kappa shape index (κ2) is 4.70. The molecule has 0 spiro atoms. The molecule has 0 bridgehead atoms. The Morgan fingerprint density at radius 3 is 3.00 bits per heavy atom. The Morgan fingerprint density at radius 1 is 1.37 bits per heavy atom. The van der Waals surface area contributed by atoms with Crippen LogP contribution in [-0.2, 0) is 4.79 Å². The highest BCUT2D eigenvalue weighted by molar-refractivity contribution is 5.88. The summed E-state index contributed by atoms with van der Waals surface area (Å²) in [5.74, 6) is 1.22. The predicted molar refractivity (Wildman–Crippen MR) is 70.8 cm³/mol. The highest BCUT2D eigenvalue weighted by atomic mass is 16.5. The molecule has 0 saturated heterocycles. The number of carbonyl (C=O) groups is 1. The first kappa shape index (κ1) is 12.2. The minimum absolute atomic E-state index is 0.130. The van der Waals surface area contributed by atoms with E-state index in [1.165, 1.54) is 0 Å². The number of hydrogen-bond donors (Lipinski definition) is 0. The number of Topliss-reactive ketones (excluding diaryl/α,β-unsaturated/α-hetero) is 1. The van der Waals surface area contributed by atoms with Crippen molar-refractivity contribution in [3.8, 4) is 11.8 Å². The zero-order chi connectivity index (χ0) is 13.3. The molecule has 1 aliphatic carbocycles. The van der Waals surface area contributed by atoms with Gasteiger partial charge in [0.1, 0.15) is 11.2 Å². The molecule has 1 heterocycles. The van der Waals surface area contributed by atoms with E-state index in [0.717, 1.165) is 24.2 Å². The van der Waals surface area contributed by atoms with Gasteiger partial charge in [-0.15, -0.1) is 0 Å². The second-order valence-corrected chi connectivity index (χ2v) is 5.57. The molecule has 1 aromatic rings. The summed E-state index contributed by atoms with van der Waals surface area (Å²) in [4.78, 5) is 12.2. The normalized spacial score (nSPS) is 29.4. The lowest BCUT2D eigenvalue weighted by Crippen LogP contribution is -2.34. The minimum atomic E-state index is -0.774. The summed E-state index contributed by atoms with van der Waals surface area (Å²) in [6.45, 7) is 0.593. The van der Waals surface area contributed by atoms with Crippen molar-refractivity contribution in [2.75, 3.05) is 6.61 Å². The summed E-state index contributed by atoms with van der Waals surface area (Å²) < 4.78 is 5.66. The van der Waals surface area contributed by atoms with Gasteiger partial charge in [0.2, 0.25) is 0 Å². The summed E-state index contributed by atoms with van der Waals surface area (Å²) in [6, 6.07) is 10.3. The molecule has 2 aliphatic rings. The van der Waals surface area contributed by atoms with Crippen molar-refractivity contribution in [2.45, 2.75) is 38.0 Å². The van der Waals surface area contributed by atoms with Gasteiger partial charge in [0, 0.05) is 17.9 Å². The van der Waals surface area contributed by atoms with Gasteiger partial charge in [-0.2, -0.15) is 5.26 Å². The Kier molecular flexibility index (Phi) is 3.02. The highest BCUT2D eigenvalue weighted by Crippen LogP contribution is 2.45. The number of nitrogens with zero attached hydrogens (tertiary/aromatic N) is 1. The van der Waals surface area contributed by atoms with Crippen LogP contribution in [0.25, 0.3) is 0 Å². The van der Waals surface area contributed by atoms with Gasteiger partial charge >= 0.3 is 0 Å². The molecule has 2 atom stereocenters. The van der Waals surface area contributed by atoms with Gasteiger partial charge in [-0.25, -0.2) is 0 Å². The van der Waals surface area contributed by atoms with Crippen LogP contribution >= 0.6 is 0 Å². The van der Waals surface area contributed by atoms with E-state index in [1.54, 1.807) is 0 Å². The van der Waals surface area contributed by atoms with E-state index in [2.05, 4.69) is 6.07 Å². The maximum absolute atomic E-state index is 12.2. The average Bonchev–Trinajstić information content (AvgIpc) is 2.85. The first-order valence-corrected chi connectivity index (χ1v) is 6.91. The lowest BCUT2D eigenvalue weighted by molar-refractivity contribution is -0.128. The molecule has 0 N–H and O–H groups in total. The molecule has 1 aromatic carbocycles. The molecule has 98 valence electrons.